The minimum atomic E-state index is -0.468. The standard InChI is InChI=1S/C25H19N5.C24H26BN3O2.C7H5BrN2.CH4/c1-16(17-5-3-2-4-6-17)30-24-21(13-26)15-28-23-8-7-18(12-22(23)24)20-11-19-9-10-27-25(19)29-14-20;1-16(17-9-7-6-8-10-17)28-22-18(14-26)15-27-21-12-11-19(13-20(21)22)25-29-23(2,3)24(4,5)30-25;8-6-3-5-1-2-9-7(5)10-4-6;/h2-12,14-16H,1H3,(H,27,29)(H,28,30);6-13,15-16H,1-5H3,(H,27,28);1-4H,(H,9,10);1H4. The molecule has 2 atom stereocenters. The molecule has 0 radical (unpaired) electrons. The first-order chi connectivity index (χ1) is 33.8. The summed E-state index contributed by atoms with van der Waals surface area (Å²) in [6.45, 7) is 12.3. The third kappa shape index (κ3) is 10.7. The van der Waals surface area contributed by atoms with E-state index in [4.69, 9.17) is 9.31 Å². The highest BCUT2D eigenvalue weighted by atomic mass is 79.9. The average molecular weight is 1000 g/mol. The number of nitrogens with zero attached hydrogens (tertiary/aromatic N) is 6. The summed E-state index contributed by atoms with van der Waals surface area (Å²) in [6.07, 6.45) is 10.7. The fraction of sp³-hybridized carbons (Fsp3) is 0.193. The van der Waals surface area contributed by atoms with Crippen LogP contribution in [-0.2, 0) is 9.31 Å². The van der Waals surface area contributed by atoms with E-state index < -0.39 is 18.3 Å². The number of hydrogen-bond donors (Lipinski definition) is 4. The highest BCUT2D eigenvalue weighted by Crippen LogP contribution is 2.38. The van der Waals surface area contributed by atoms with Gasteiger partial charge in [-0.2, -0.15) is 10.5 Å². The molecule has 0 aliphatic carbocycles. The predicted octanol–water partition coefficient (Wildman–Crippen LogP) is 13.4. The second-order valence-corrected chi connectivity index (χ2v) is 19.1. The Labute approximate surface area is 422 Å². The zero-order valence-electron chi connectivity index (χ0n) is 39.6. The molecule has 1 aliphatic rings. The number of rotatable bonds is 8. The van der Waals surface area contributed by atoms with Gasteiger partial charge in [0.05, 0.1) is 44.7 Å². The van der Waals surface area contributed by atoms with E-state index in [0.717, 1.165) is 87.4 Å². The Morgan fingerprint density at radius 1 is 0.577 bits per heavy atom. The van der Waals surface area contributed by atoms with E-state index in [0.29, 0.717) is 11.1 Å². The van der Waals surface area contributed by atoms with Gasteiger partial charge in [-0.05, 0) is 122 Å². The van der Waals surface area contributed by atoms with Crippen LogP contribution < -0.4 is 16.1 Å². The van der Waals surface area contributed by atoms with Gasteiger partial charge in [-0.25, -0.2) is 9.97 Å². The van der Waals surface area contributed by atoms with Crippen LogP contribution in [0.4, 0.5) is 11.4 Å². The van der Waals surface area contributed by atoms with Crippen molar-refractivity contribution in [2.24, 2.45) is 0 Å². The van der Waals surface area contributed by atoms with Crippen LogP contribution in [0.5, 0.6) is 0 Å². The van der Waals surface area contributed by atoms with Crippen LogP contribution in [0.3, 0.4) is 0 Å². The van der Waals surface area contributed by atoms with E-state index in [1.54, 1.807) is 18.6 Å². The molecule has 1 aliphatic heterocycles. The molecule has 14 heteroatoms. The van der Waals surface area contributed by atoms with Crippen LogP contribution in [0, 0.1) is 22.7 Å². The third-order valence-corrected chi connectivity index (χ3v) is 13.4. The second-order valence-electron chi connectivity index (χ2n) is 18.2. The number of benzene rings is 4. The maximum Gasteiger partial charge on any atom is 0.494 e. The van der Waals surface area contributed by atoms with Gasteiger partial charge in [-0.3, -0.25) is 9.97 Å². The molecule has 0 spiro atoms. The van der Waals surface area contributed by atoms with Crippen molar-refractivity contribution in [3.05, 3.63) is 185 Å². The number of fused-ring (bicyclic) bond motifs is 4. The molecule has 11 rings (SSSR count). The predicted molar refractivity (Wildman–Crippen MR) is 291 cm³/mol. The summed E-state index contributed by atoms with van der Waals surface area (Å²) in [6, 6.07) is 45.2. The Balaban J connectivity index is 0.000000157. The van der Waals surface area contributed by atoms with E-state index in [-0.39, 0.29) is 19.5 Å². The van der Waals surface area contributed by atoms with Crippen LogP contribution >= 0.6 is 15.9 Å². The number of nitrogens with one attached hydrogen (secondary N) is 4. The second kappa shape index (κ2) is 21.0. The largest absolute Gasteiger partial charge is 0.494 e. The molecule has 4 aromatic carbocycles. The zero-order chi connectivity index (χ0) is 49.0. The number of aromatic amines is 2. The lowest BCUT2D eigenvalue weighted by molar-refractivity contribution is 0.00578. The van der Waals surface area contributed by atoms with Gasteiger partial charge >= 0.3 is 7.12 Å². The van der Waals surface area contributed by atoms with Crippen LogP contribution in [0.2, 0.25) is 0 Å². The molecule has 71 heavy (non-hydrogen) atoms. The van der Waals surface area contributed by atoms with Crippen molar-refractivity contribution in [3.8, 4) is 23.3 Å². The quantitative estimate of drug-likeness (QED) is 0.107. The maximum absolute atomic E-state index is 9.70. The number of H-pyrrole nitrogens is 2. The molecule has 6 aromatic heterocycles. The Hall–Kier alpha value is -7.88. The third-order valence-electron chi connectivity index (χ3n) is 12.9. The molecular weight excluding hydrogens is 947 g/mol. The number of aromatic nitrogens is 6. The van der Waals surface area contributed by atoms with Gasteiger partial charge in [-0.1, -0.05) is 86.3 Å². The minimum absolute atomic E-state index is 0. The van der Waals surface area contributed by atoms with E-state index in [2.05, 4.69) is 119 Å². The highest BCUT2D eigenvalue weighted by Gasteiger charge is 2.51. The van der Waals surface area contributed by atoms with Gasteiger partial charge in [0.2, 0.25) is 0 Å². The van der Waals surface area contributed by atoms with E-state index >= 15 is 0 Å². The molecule has 0 saturated carbocycles. The van der Waals surface area contributed by atoms with E-state index in [1.807, 2.05) is 131 Å². The summed E-state index contributed by atoms with van der Waals surface area (Å²) in [7, 11) is -0.468. The van der Waals surface area contributed by atoms with Gasteiger partial charge in [0.25, 0.3) is 0 Å². The number of hydrogen-bond acceptors (Lipinski definition) is 10. The number of nitriles is 2. The van der Waals surface area contributed by atoms with Crippen molar-refractivity contribution in [3.63, 3.8) is 0 Å². The summed E-state index contributed by atoms with van der Waals surface area (Å²) in [5.41, 5.74) is 10.5. The van der Waals surface area contributed by atoms with Gasteiger partial charge < -0.3 is 29.9 Å². The monoisotopic (exact) mass is 1000 g/mol. The lowest BCUT2D eigenvalue weighted by atomic mass is 9.78. The normalized spacial score (nSPS) is 14.2. The first-order valence-electron chi connectivity index (χ1n) is 23.0. The van der Waals surface area contributed by atoms with Crippen molar-refractivity contribution < 1.29 is 9.31 Å². The van der Waals surface area contributed by atoms with Crippen LogP contribution in [0.15, 0.2) is 163 Å². The highest BCUT2D eigenvalue weighted by molar-refractivity contribution is 9.10. The van der Waals surface area contributed by atoms with Gasteiger partial charge in [0.15, 0.2) is 0 Å². The van der Waals surface area contributed by atoms with E-state index in [1.165, 1.54) is 0 Å². The van der Waals surface area contributed by atoms with Crippen molar-refractivity contribution in [1.29, 1.82) is 10.5 Å². The lowest BCUT2D eigenvalue weighted by Crippen LogP contribution is -2.41. The molecule has 10 aromatic rings. The molecular formula is C57H54BBrN10O2. The Kier molecular flexibility index (Phi) is 14.7. The summed E-state index contributed by atoms with van der Waals surface area (Å²) < 4.78 is 13.4. The van der Waals surface area contributed by atoms with Gasteiger partial charge in [-0.15, -0.1) is 0 Å². The number of halogens is 1. The summed E-state index contributed by atoms with van der Waals surface area (Å²) in [5, 5.41) is 30.5. The Morgan fingerprint density at radius 3 is 1.61 bits per heavy atom. The summed E-state index contributed by atoms with van der Waals surface area (Å²) >= 11 is 3.34. The van der Waals surface area contributed by atoms with Crippen molar-refractivity contribution in [2.75, 3.05) is 10.6 Å². The smallest absolute Gasteiger partial charge is 0.399 e. The van der Waals surface area contributed by atoms with E-state index in [9.17, 15) is 10.5 Å². The maximum atomic E-state index is 9.70. The molecule has 0 amide bonds. The molecule has 354 valence electrons. The molecule has 1 saturated heterocycles. The minimum Gasteiger partial charge on any atom is -0.399 e. The van der Waals surface area contributed by atoms with Gasteiger partial charge in [0, 0.05) is 80.8 Å². The molecule has 2 unspecified atom stereocenters. The van der Waals surface area contributed by atoms with Crippen molar-refractivity contribution in [1.82, 2.24) is 29.9 Å². The fourth-order valence-corrected chi connectivity index (χ4v) is 8.63. The molecule has 4 N–H and O–H groups in total. The van der Waals surface area contributed by atoms with Crippen molar-refractivity contribution in [2.45, 2.75) is 72.3 Å². The summed E-state index contributed by atoms with van der Waals surface area (Å²) in [5.74, 6) is 0. The topological polar surface area (TPSA) is 173 Å². The van der Waals surface area contributed by atoms with Crippen molar-refractivity contribution >= 4 is 83.8 Å². The SMILES string of the molecule is Brc1cnc2[nH]ccc2c1.C.CC(Nc1c(C#N)cnc2ccc(-c3cnc4[nH]ccc4c3)cc12)c1ccccc1.CC(Nc1c(C#N)cnc2ccc(B3OC(C)(C)C(C)(C)O3)cc12)c1ccccc1. The first kappa shape index (κ1) is 49.5. The fourth-order valence-electron chi connectivity index (χ4n) is 8.28. The molecule has 7 heterocycles. The lowest BCUT2D eigenvalue weighted by Gasteiger charge is -2.32. The average Bonchev–Trinajstić information content (AvgIpc) is 4.11. The number of pyridine rings is 4. The molecule has 0 bridgehead atoms. The zero-order valence-corrected chi connectivity index (χ0v) is 41.2. The van der Waals surface area contributed by atoms with Crippen LogP contribution in [0.25, 0.3) is 55.0 Å². The first-order valence-corrected chi connectivity index (χ1v) is 23.8. The number of anilines is 2. The molecule has 1 fully saturated rings. The van der Waals surface area contributed by atoms with Gasteiger partial charge in [0.1, 0.15) is 23.4 Å². The summed E-state index contributed by atoms with van der Waals surface area (Å²) in [4.78, 5) is 23.7. The Bertz CT molecular complexity index is 3550. The van der Waals surface area contributed by atoms with Crippen LogP contribution in [-0.4, -0.2) is 48.2 Å². The Morgan fingerprint density at radius 2 is 1.07 bits per heavy atom. The molecule has 12 nitrogen and oxygen atoms in total. The van der Waals surface area contributed by atoms with Crippen LogP contribution in [0.1, 0.15) is 83.3 Å².